The highest BCUT2D eigenvalue weighted by Gasteiger charge is 2.61. The molecule has 3 fully saturated rings. The number of fused-ring (bicyclic) bond motifs is 2. The van der Waals surface area contributed by atoms with Crippen LogP contribution in [0.4, 0.5) is 0 Å². The van der Waals surface area contributed by atoms with Crippen LogP contribution in [0.3, 0.4) is 0 Å². The van der Waals surface area contributed by atoms with Crippen molar-refractivity contribution in [3.05, 3.63) is 36.7 Å². The molecule has 1 amide bonds. The third kappa shape index (κ3) is 2.57. The normalized spacial score (nSPS) is 31.4. The summed E-state index contributed by atoms with van der Waals surface area (Å²) >= 11 is 0. The second kappa shape index (κ2) is 5.86. The van der Waals surface area contributed by atoms with E-state index in [9.17, 15) is 4.79 Å². The van der Waals surface area contributed by atoms with Crippen molar-refractivity contribution in [2.75, 3.05) is 13.1 Å². The Hall–Kier alpha value is -1.84. The van der Waals surface area contributed by atoms with Crippen LogP contribution < -0.4 is 4.74 Å². The number of likely N-dealkylation sites (tertiary alicyclic amines) is 1. The predicted octanol–water partition coefficient (Wildman–Crippen LogP) is 3.83. The molecular weight excluding hydrogens is 312 g/mol. The Labute approximate surface area is 150 Å². The fourth-order valence-electron chi connectivity index (χ4n) is 5.21. The SMILES string of the molecule is C=C1C(C)(C)[C@@H]2CC[C@]1(C(=O)N1CCC(Oc3cccnc3)CC1)C2. The van der Waals surface area contributed by atoms with E-state index < -0.39 is 0 Å². The van der Waals surface area contributed by atoms with Gasteiger partial charge in [-0.05, 0) is 42.7 Å². The van der Waals surface area contributed by atoms with E-state index in [2.05, 4.69) is 30.3 Å². The van der Waals surface area contributed by atoms with Gasteiger partial charge in [-0.2, -0.15) is 0 Å². The van der Waals surface area contributed by atoms with Crippen molar-refractivity contribution in [1.82, 2.24) is 9.88 Å². The summed E-state index contributed by atoms with van der Waals surface area (Å²) in [7, 11) is 0. The van der Waals surface area contributed by atoms with E-state index in [1.165, 1.54) is 12.0 Å². The van der Waals surface area contributed by atoms with Gasteiger partial charge in [0.25, 0.3) is 0 Å². The van der Waals surface area contributed by atoms with Gasteiger partial charge in [-0.25, -0.2) is 0 Å². The van der Waals surface area contributed by atoms with E-state index >= 15 is 0 Å². The molecule has 0 N–H and O–H groups in total. The van der Waals surface area contributed by atoms with E-state index in [-0.39, 0.29) is 16.9 Å². The topological polar surface area (TPSA) is 42.4 Å². The molecule has 2 heterocycles. The maximum absolute atomic E-state index is 13.4. The number of pyridine rings is 1. The van der Waals surface area contributed by atoms with Crippen LogP contribution in [0.25, 0.3) is 0 Å². The molecule has 2 aliphatic carbocycles. The summed E-state index contributed by atoms with van der Waals surface area (Å²) in [5.74, 6) is 1.76. The summed E-state index contributed by atoms with van der Waals surface area (Å²) in [5, 5.41) is 0. The summed E-state index contributed by atoms with van der Waals surface area (Å²) < 4.78 is 6.00. The van der Waals surface area contributed by atoms with Gasteiger partial charge in [-0.1, -0.05) is 26.0 Å². The van der Waals surface area contributed by atoms with E-state index in [0.29, 0.717) is 11.8 Å². The largest absolute Gasteiger partial charge is 0.489 e. The number of carbonyl (C=O) groups excluding carboxylic acids is 1. The quantitative estimate of drug-likeness (QED) is 0.785. The molecule has 2 atom stereocenters. The highest BCUT2D eigenvalue weighted by atomic mass is 16.5. The Kier molecular flexibility index (Phi) is 3.89. The molecule has 25 heavy (non-hydrogen) atoms. The fourth-order valence-corrected chi connectivity index (χ4v) is 5.21. The number of piperidine rings is 1. The fraction of sp³-hybridized carbons (Fsp3) is 0.619. The third-order valence-corrected chi connectivity index (χ3v) is 6.97. The standard InChI is InChI=1S/C21H28N2O2/c1-15-20(2,3)16-6-9-21(15,13-16)19(24)23-11-7-17(8-12-23)25-18-5-4-10-22-14-18/h4-5,10,14,16-17H,1,6-9,11-13H2,2-3H3/t16-,21+/m1/s1. The maximum Gasteiger partial charge on any atom is 0.232 e. The summed E-state index contributed by atoms with van der Waals surface area (Å²) in [6, 6.07) is 3.82. The highest BCUT2D eigenvalue weighted by Crippen LogP contribution is 2.66. The Morgan fingerprint density at radius 3 is 2.68 bits per heavy atom. The second-order valence-electron chi connectivity index (χ2n) is 8.52. The monoisotopic (exact) mass is 340 g/mol. The van der Waals surface area contributed by atoms with Gasteiger partial charge < -0.3 is 9.64 Å². The van der Waals surface area contributed by atoms with Crippen LogP contribution in [0.1, 0.15) is 46.0 Å². The molecule has 1 saturated heterocycles. The minimum atomic E-state index is -0.286. The average molecular weight is 340 g/mol. The minimum Gasteiger partial charge on any atom is -0.489 e. The van der Waals surface area contributed by atoms with Gasteiger partial charge in [-0.3, -0.25) is 9.78 Å². The van der Waals surface area contributed by atoms with Crippen LogP contribution in [0.2, 0.25) is 0 Å². The first-order chi connectivity index (χ1) is 11.9. The summed E-state index contributed by atoms with van der Waals surface area (Å²) in [6.45, 7) is 10.5. The van der Waals surface area contributed by atoms with Crippen molar-refractivity contribution < 1.29 is 9.53 Å². The van der Waals surface area contributed by atoms with Crippen LogP contribution in [-0.4, -0.2) is 35.0 Å². The van der Waals surface area contributed by atoms with E-state index in [4.69, 9.17) is 4.74 Å². The number of amides is 1. The lowest BCUT2D eigenvalue weighted by molar-refractivity contribution is -0.141. The first-order valence-electron chi connectivity index (χ1n) is 9.49. The Bertz CT molecular complexity index is 676. The first kappa shape index (κ1) is 16.6. The molecule has 0 spiro atoms. The number of hydrogen-bond acceptors (Lipinski definition) is 3. The lowest BCUT2D eigenvalue weighted by Crippen LogP contribution is -2.49. The van der Waals surface area contributed by atoms with Gasteiger partial charge in [0, 0.05) is 32.1 Å². The van der Waals surface area contributed by atoms with Crippen molar-refractivity contribution in [2.45, 2.75) is 52.1 Å². The molecule has 4 nitrogen and oxygen atoms in total. The Morgan fingerprint density at radius 1 is 1.32 bits per heavy atom. The summed E-state index contributed by atoms with van der Waals surface area (Å²) in [4.78, 5) is 19.5. The van der Waals surface area contributed by atoms with Crippen molar-refractivity contribution in [3.63, 3.8) is 0 Å². The zero-order valence-electron chi connectivity index (χ0n) is 15.3. The van der Waals surface area contributed by atoms with Gasteiger partial charge in [0.05, 0.1) is 11.6 Å². The number of rotatable bonds is 3. The molecule has 0 radical (unpaired) electrons. The predicted molar refractivity (Wildman–Crippen MR) is 97.2 cm³/mol. The third-order valence-electron chi connectivity index (χ3n) is 6.97. The molecule has 4 heteroatoms. The molecule has 1 aliphatic heterocycles. The number of ether oxygens (including phenoxy) is 1. The van der Waals surface area contributed by atoms with Crippen molar-refractivity contribution in [2.24, 2.45) is 16.7 Å². The van der Waals surface area contributed by atoms with Crippen molar-refractivity contribution in [1.29, 1.82) is 0 Å². The van der Waals surface area contributed by atoms with Crippen molar-refractivity contribution in [3.8, 4) is 5.75 Å². The molecule has 1 aromatic rings. The van der Waals surface area contributed by atoms with Crippen LogP contribution in [0, 0.1) is 16.7 Å². The first-order valence-corrected chi connectivity index (χ1v) is 9.49. The van der Waals surface area contributed by atoms with Crippen LogP contribution in [0.5, 0.6) is 5.75 Å². The van der Waals surface area contributed by atoms with Gasteiger partial charge >= 0.3 is 0 Å². The number of aromatic nitrogens is 1. The minimum absolute atomic E-state index is 0.107. The van der Waals surface area contributed by atoms with Crippen LogP contribution >= 0.6 is 0 Å². The van der Waals surface area contributed by atoms with Gasteiger partial charge in [0.15, 0.2) is 0 Å². The molecule has 2 saturated carbocycles. The van der Waals surface area contributed by atoms with E-state index in [1.807, 2.05) is 12.1 Å². The zero-order valence-corrected chi connectivity index (χ0v) is 15.3. The van der Waals surface area contributed by atoms with Crippen LogP contribution in [0.15, 0.2) is 36.7 Å². The van der Waals surface area contributed by atoms with Gasteiger partial charge in [-0.15, -0.1) is 0 Å². The lowest BCUT2D eigenvalue weighted by atomic mass is 9.68. The molecular formula is C21H28N2O2. The molecule has 4 rings (SSSR count). The lowest BCUT2D eigenvalue weighted by Gasteiger charge is -2.41. The second-order valence-corrected chi connectivity index (χ2v) is 8.52. The molecule has 3 aliphatic rings. The van der Waals surface area contributed by atoms with E-state index in [1.54, 1.807) is 12.4 Å². The zero-order chi connectivity index (χ0) is 17.7. The number of hydrogen-bond donors (Lipinski definition) is 0. The summed E-state index contributed by atoms with van der Waals surface area (Å²) in [5.41, 5.74) is 0.996. The smallest absolute Gasteiger partial charge is 0.232 e. The highest BCUT2D eigenvalue weighted by molar-refractivity contribution is 5.87. The average Bonchev–Trinajstić information content (AvgIpc) is 3.15. The Morgan fingerprint density at radius 2 is 2.08 bits per heavy atom. The Balaban J connectivity index is 1.40. The molecule has 0 aromatic carbocycles. The van der Waals surface area contributed by atoms with Crippen molar-refractivity contribution >= 4 is 5.91 Å². The molecule has 2 bridgehead atoms. The van der Waals surface area contributed by atoms with Gasteiger partial charge in [0.1, 0.15) is 11.9 Å². The molecule has 134 valence electrons. The summed E-state index contributed by atoms with van der Waals surface area (Å²) in [6.07, 6.45) is 8.60. The van der Waals surface area contributed by atoms with Crippen LogP contribution in [-0.2, 0) is 4.79 Å². The van der Waals surface area contributed by atoms with Gasteiger partial charge in [0.2, 0.25) is 5.91 Å². The molecule has 0 unspecified atom stereocenters. The maximum atomic E-state index is 13.4. The molecule has 1 aromatic heterocycles. The number of carbonyl (C=O) groups is 1. The number of nitrogens with zero attached hydrogens (tertiary/aromatic N) is 2. The van der Waals surface area contributed by atoms with E-state index in [0.717, 1.165) is 44.5 Å².